The average Bonchev–Trinajstić information content (AvgIpc) is 2.74. The summed E-state index contributed by atoms with van der Waals surface area (Å²) in [5.41, 5.74) is 2.00. The maximum atomic E-state index is 4.77. The summed E-state index contributed by atoms with van der Waals surface area (Å²) in [6.45, 7) is 0.634. The van der Waals surface area contributed by atoms with Crippen LogP contribution in [-0.2, 0) is 6.54 Å². The number of anilines is 2. The molecule has 1 aliphatic rings. The summed E-state index contributed by atoms with van der Waals surface area (Å²) in [6.07, 6.45) is 8.15. The van der Waals surface area contributed by atoms with E-state index in [9.17, 15) is 0 Å². The van der Waals surface area contributed by atoms with Crippen molar-refractivity contribution in [2.24, 2.45) is 0 Å². The SMILES string of the molecule is c1ccc(-c2nc(NCc3ccccn3)cc(NC3CCCCC3)n2)cc1. The van der Waals surface area contributed by atoms with Crippen LogP contribution in [0.2, 0.25) is 0 Å². The Morgan fingerprint density at radius 3 is 2.41 bits per heavy atom. The first-order chi connectivity index (χ1) is 13.4. The van der Waals surface area contributed by atoms with Crippen molar-refractivity contribution >= 4 is 11.6 Å². The molecule has 5 nitrogen and oxygen atoms in total. The van der Waals surface area contributed by atoms with E-state index >= 15 is 0 Å². The average molecular weight is 359 g/mol. The van der Waals surface area contributed by atoms with Crippen molar-refractivity contribution in [2.45, 2.75) is 44.7 Å². The largest absolute Gasteiger partial charge is 0.367 e. The Morgan fingerprint density at radius 2 is 1.63 bits per heavy atom. The van der Waals surface area contributed by atoms with Crippen molar-refractivity contribution in [1.29, 1.82) is 0 Å². The van der Waals surface area contributed by atoms with Crippen LogP contribution in [-0.4, -0.2) is 21.0 Å². The molecule has 1 fully saturated rings. The Balaban J connectivity index is 1.57. The molecule has 2 heterocycles. The summed E-state index contributed by atoms with van der Waals surface area (Å²) >= 11 is 0. The number of nitrogens with one attached hydrogen (secondary N) is 2. The molecule has 0 unspecified atom stereocenters. The minimum atomic E-state index is 0.501. The van der Waals surface area contributed by atoms with Crippen LogP contribution in [0.15, 0.2) is 60.8 Å². The first-order valence-corrected chi connectivity index (χ1v) is 9.72. The molecule has 2 aromatic heterocycles. The Kier molecular flexibility index (Phi) is 5.58. The van der Waals surface area contributed by atoms with Gasteiger partial charge < -0.3 is 10.6 Å². The number of hydrogen-bond acceptors (Lipinski definition) is 5. The number of pyridine rings is 1. The van der Waals surface area contributed by atoms with Crippen molar-refractivity contribution in [3.63, 3.8) is 0 Å². The maximum Gasteiger partial charge on any atom is 0.163 e. The molecule has 0 bridgehead atoms. The molecule has 1 aliphatic carbocycles. The molecular formula is C22H25N5. The fraction of sp³-hybridized carbons (Fsp3) is 0.318. The van der Waals surface area contributed by atoms with E-state index in [1.807, 2.05) is 60.8 Å². The second-order valence-electron chi connectivity index (χ2n) is 6.98. The lowest BCUT2D eigenvalue weighted by molar-refractivity contribution is 0.462. The monoisotopic (exact) mass is 359 g/mol. The third kappa shape index (κ3) is 4.82. The zero-order valence-corrected chi connectivity index (χ0v) is 15.4. The van der Waals surface area contributed by atoms with Crippen LogP contribution >= 0.6 is 0 Å². The van der Waals surface area contributed by atoms with Gasteiger partial charge in [0.15, 0.2) is 5.82 Å². The smallest absolute Gasteiger partial charge is 0.163 e. The van der Waals surface area contributed by atoms with Gasteiger partial charge in [0.05, 0.1) is 12.2 Å². The third-order valence-electron chi connectivity index (χ3n) is 4.89. The van der Waals surface area contributed by atoms with E-state index in [1.54, 1.807) is 0 Å². The minimum Gasteiger partial charge on any atom is -0.367 e. The van der Waals surface area contributed by atoms with Gasteiger partial charge in [-0.05, 0) is 25.0 Å². The van der Waals surface area contributed by atoms with Gasteiger partial charge in [0.1, 0.15) is 11.6 Å². The summed E-state index contributed by atoms with van der Waals surface area (Å²) in [5, 5.41) is 7.02. The van der Waals surface area contributed by atoms with Gasteiger partial charge in [-0.3, -0.25) is 4.98 Å². The number of benzene rings is 1. The topological polar surface area (TPSA) is 62.7 Å². The van der Waals surface area contributed by atoms with Crippen LogP contribution in [0.25, 0.3) is 11.4 Å². The number of nitrogens with zero attached hydrogens (tertiary/aromatic N) is 3. The lowest BCUT2D eigenvalue weighted by Crippen LogP contribution is -2.23. The molecule has 2 N–H and O–H groups in total. The van der Waals surface area contributed by atoms with Gasteiger partial charge >= 0.3 is 0 Å². The highest BCUT2D eigenvalue weighted by atomic mass is 15.1. The van der Waals surface area contributed by atoms with Crippen molar-refractivity contribution < 1.29 is 0 Å². The zero-order chi connectivity index (χ0) is 18.3. The van der Waals surface area contributed by atoms with E-state index in [1.165, 1.54) is 32.1 Å². The van der Waals surface area contributed by atoms with Crippen LogP contribution in [0.4, 0.5) is 11.6 Å². The number of hydrogen-bond donors (Lipinski definition) is 2. The summed E-state index contributed by atoms with van der Waals surface area (Å²) in [4.78, 5) is 13.9. The molecule has 1 aromatic carbocycles. The molecule has 0 aliphatic heterocycles. The summed E-state index contributed by atoms with van der Waals surface area (Å²) in [6, 6.07) is 18.6. The molecule has 0 amide bonds. The van der Waals surface area contributed by atoms with Crippen molar-refractivity contribution in [2.75, 3.05) is 10.6 Å². The van der Waals surface area contributed by atoms with E-state index in [0.29, 0.717) is 12.6 Å². The molecule has 27 heavy (non-hydrogen) atoms. The van der Waals surface area contributed by atoms with E-state index < -0.39 is 0 Å². The first kappa shape index (κ1) is 17.5. The molecule has 0 spiro atoms. The number of aromatic nitrogens is 3. The Morgan fingerprint density at radius 1 is 0.852 bits per heavy atom. The van der Waals surface area contributed by atoms with Crippen molar-refractivity contribution in [3.8, 4) is 11.4 Å². The van der Waals surface area contributed by atoms with Crippen molar-refractivity contribution in [3.05, 3.63) is 66.5 Å². The highest BCUT2D eigenvalue weighted by Crippen LogP contribution is 2.24. The standard InChI is InChI=1S/C22H25N5/c1-3-9-17(10-4-1)22-26-20(24-16-19-13-7-8-14-23-19)15-21(27-22)25-18-11-5-2-6-12-18/h1,3-4,7-10,13-15,18H,2,5-6,11-12,16H2,(H2,24,25,26,27). The maximum absolute atomic E-state index is 4.77. The molecular weight excluding hydrogens is 334 g/mol. The molecule has 1 saturated carbocycles. The van der Waals surface area contributed by atoms with Crippen LogP contribution in [0.5, 0.6) is 0 Å². The highest BCUT2D eigenvalue weighted by Gasteiger charge is 2.15. The van der Waals surface area contributed by atoms with E-state index in [0.717, 1.165) is 28.7 Å². The Hall–Kier alpha value is -2.95. The lowest BCUT2D eigenvalue weighted by atomic mass is 9.95. The predicted octanol–water partition coefficient (Wildman–Crippen LogP) is 4.90. The molecule has 0 radical (unpaired) electrons. The second kappa shape index (κ2) is 8.62. The van der Waals surface area contributed by atoms with Gasteiger partial charge in [0, 0.05) is 23.9 Å². The van der Waals surface area contributed by atoms with E-state index in [-0.39, 0.29) is 0 Å². The van der Waals surface area contributed by atoms with Gasteiger partial charge in [-0.1, -0.05) is 55.7 Å². The fourth-order valence-electron chi connectivity index (χ4n) is 3.47. The van der Waals surface area contributed by atoms with Gasteiger partial charge in [0.25, 0.3) is 0 Å². The second-order valence-corrected chi connectivity index (χ2v) is 6.98. The first-order valence-electron chi connectivity index (χ1n) is 9.72. The summed E-state index contributed by atoms with van der Waals surface area (Å²) < 4.78 is 0. The highest BCUT2D eigenvalue weighted by molar-refractivity contribution is 5.61. The van der Waals surface area contributed by atoms with Crippen LogP contribution in [0.3, 0.4) is 0 Å². The Labute approximate surface area is 160 Å². The van der Waals surface area contributed by atoms with Gasteiger partial charge in [-0.15, -0.1) is 0 Å². The van der Waals surface area contributed by atoms with E-state index in [2.05, 4.69) is 15.6 Å². The van der Waals surface area contributed by atoms with Crippen LogP contribution < -0.4 is 10.6 Å². The summed E-state index contributed by atoms with van der Waals surface area (Å²) in [7, 11) is 0. The molecule has 5 heteroatoms. The molecule has 0 saturated heterocycles. The van der Waals surface area contributed by atoms with Gasteiger partial charge in [0.2, 0.25) is 0 Å². The fourth-order valence-corrected chi connectivity index (χ4v) is 3.47. The molecule has 3 aromatic rings. The predicted molar refractivity (Wildman–Crippen MR) is 110 cm³/mol. The molecule has 138 valence electrons. The third-order valence-corrected chi connectivity index (χ3v) is 4.89. The molecule has 0 atom stereocenters. The van der Waals surface area contributed by atoms with Gasteiger partial charge in [-0.2, -0.15) is 0 Å². The number of rotatable bonds is 6. The quantitative estimate of drug-likeness (QED) is 0.656. The normalized spacial score (nSPS) is 14.7. The van der Waals surface area contributed by atoms with E-state index in [4.69, 9.17) is 9.97 Å². The van der Waals surface area contributed by atoms with Crippen LogP contribution in [0, 0.1) is 0 Å². The van der Waals surface area contributed by atoms with Crippen molar-refractivity contribution in [1.82, 2.24) is 15.0 Å². The lowest BCUT2D eigenvalue weighted by Gasteiger charge is -2.23. The minimum absolute atomic E-state index is 0.501. The zero-order valence-electron chi connectivity index (χ0n) is 15.4. The molecule has 4 rings (SSSR count). The summed E-state index contributed by atoms with van der Waals surface area (Å²) in [5.74, 6) is 2.44. The van der Waals surface area contributed by atoms with Crippen LogP contribution in [0.1, 0.15) is 37.8 Å². The Bertz CT molecular complexity index is 845. The van der Waals surface area contributed by atoms with Gasteiger partial charge in [-0.25, -0.2) is 9.97 Å².